The molecule has 0 fully saturated rings. The van der Waals surface area contributed by atoms with Crippen molar-refractivity contribution < 1.29 is 9.22 Å². The molecule has 2 nitrogen and oxygen atoms in total. The molecular weight excluding hydrogens is 162 g/mol. The smallest absolute Gasteiger partial charge is 0.137 e. The van der Waals surface area contributed by atoms with Gasteiger partial charge in [-0.3, -0.25) is 0 Å². The zero-order valence-corrected chi connectivity index (χ0v) is 8.29. The second-order valence-electron chi connectivity index (χ2n) is 4.27. The number of rotatable bonds is 0. The molecule has 0 radical (unpaired) electrons. The van der Waals surface area contributed by atoms with Gasteiger partial charge in [0.25, 0.3) is 0 Å². The number of likely N-dealkylation sites (N-methyl/N-ethyl adjacent to an activating group) is 1. The molecule has 0 aliphatic carbocycles. The zero-order chi connectivity index (χ0) is 9.31. The van der Waals surface area contributed by atoms with Crippen molar-refractivity contribution in [2.24, 2.45) is 0 Å². The number of hydrogen-bond acceptors (Lipinski definition) is 1. The Morgan fingerprint density at radius 2 is 2.00 bits per heavy atom. The van der Waals surface area contributed by atoms with Gasteiger partial charge in [0.15, 0.2) is 0 Å². The van der Waals surface area contributed by atoms with Crippen molar-refractivity contribution in [3.05, 3.63) is 29.8 Å². The van der Waals surface area contributed by atoms with Crippen LogP contribution >= 0.6 is 0 Å². The van der Waals surface area contributed by atoms with E-state index in [1.54, 1.807) is 0 Å². The van der Waals surface area contributed by atoms with E-state index in [0.29, 0.717) is 0 Å². The second-order valence-corrected chi connectivity index (χ2v) is 4.27. The van der Waals surface area contributed by atoms with Crippen molar-refractivity contribution in [2.75, 3.05) is 27.2 Å². The molecule has 1 aliphatic rings. The summed E-state index contributed by atoms with van der Waals surface area (Å²) in [5.41, 5.74) is 1.32. The summed E-state index contributed by atoms with van der Waals surface area (Å²) < 4.78 is 6.68. The minimum atomic E-state index is 0.823. The first kappa shape index (κ1) is 8.57. The van der Waals surface area contributed by atoms with Gasteiger partial charge in [-0.1, -0.05) is 12.1 Å². The van der Waals surface area contributed by atoms with Gasteiger partial charge in [-0.15, -0.1) is 0 Å². The highest BCUT2D eigenvalue weighted by Crippen LogP contribution is 2.23. The van der Waals surface area contributed by atoms with Gasteiger partial charge in [0.05, 0.1) is 14.1 Å². The molecule has 1 aromatic rings. The lowest BCUT2D eigenvalue weighted by Gasteiger charge is -2.26. The largest absolute Gasteiger partial charge is 0.487 e. The summed E-state index contributed by atoms with van der Waals surface area (Å²) in [6.45, 7) is 2.97. The van der Waals surface area contributed by atoms with E-state index in [-0.39, 0.29) is 0 Å². The Morgan fingerprint density at radius 3 is 2.85 bits per heavy atom. The third-order valence-corrected chi connectivity index (χ3v) is 2.53. The van der Waals surface area contributed by atoms with Crippen LogP contribution in [0, 0.1) is 0 Å². The normalized spacial score (nSPS) is 19.8. The zero-order valence-electron chi connectivity index (χ0n) is 8.29. The maximum atomic E-state index is 5.67. The van der Waals surface area contributed by atoms with Crippen LogP contribution in [0.3, 0.4) is 0 Å². The Bertz CT molecular complexity index is 307. The fourth-order valence-electron chi connectivity index (χ4n) is 1.72. The van der Waals surface area contributed by atoms with Crippen molar-refractivity contribution in [1.29, 1.82) is 0 Å². The van der Waals surface area contributed by atoms with E-state index in [2.05, 4.69) is 32.3 Å². The van der Waals surface area contributed by atoms with Gasteiger partial charge in [-0.05, 0) is 12.1 Å². The van der Waals surface area contributed by atoms with Crippen LogP contribution in [0.1, 0.15) is 5.56 Å². The van der Waals surface area contributed by atoms with Gasteiger partial charge in [0.2, 0.25) is 0 Å². The first-order valence-electron chi connectivity index (χ1n) is 4.70. The van der Waals surface area contributed by atoms with Crippen LogP contribution in [0.5, 0.6) is 5.75 Å². The van der Waals surface area contributed by atoms with Gasteiger partial charge < -0.3 is 9.22 Å². The molecule has 1 heterocycles. The van der Waals surface area contributed by atoms with Crippen LogP contribution in [0.15, 0.2) is 24.3 Å². The van der Waals surface area contributed by atoms with Crippen LogP contribution in [0.25, 0.3) is 0 Å². The number of para-hydroxylation sites is 1. The molecule has 0 saturated carbocycles. The van der Waals surface area contributed by atoms with Crippen LogP contribution in [-0.2, 0) is 6.54 Å². The van der Waals surface area contributed by atoms with E-state index in [0.717, 1.165) is 29.9 Å². The minimum Gasteiger partial charge on any atom is -0.487 e. The van der Waals surface area contributed by atoms with Gasteiger partial charge in [-0.25, -0.2) is 0 Å². The quantitative estimate of drug-likeness (QED) is 0.549. The minimum absolute atomic E-state index is 0.823. The molecule has 13 heavy (non-hydrogen) atoms. The highest BCUT2D eigenvalue weighted by molar-refractivity contribution is 5.32. The summed E-state index contributed by atoms with van der Waals surface area (Å²) in [4.78, 5) is 0. The third kappa shape index (κ3) is 1.83. The van der Waals surface area contributed by atoms with Gasteiger partial charge >= 0.3 is 0 Å². The number of benzene rings is 1. The Morgan fingerprint density at radius 1 is 1.23 bits per heavy atom. The van der Waals surface area contributed by atoms with E-state index in [1.165, 1.54) is 5.56 Å². The highest BCUT2D eigenvalue weighted by Gasteiger charge is 2.21. The topological polar surface area (TPSA) is 9.23 Å². The molecule has 70 valence electrons. The number of nitrogens with zero attached hydrogens (tertiary/aromatic N) is 1. The number of ether oxygens (including phenoxy) is 1. The number of hydrogen-bond donors (Lipinski definition) is 0. The molecular formula is C11H16NO+. The summed E-state index contributed by atoms with van der Waals surface area (Å²) in [6.07, 6.45) is 0. The molecule has 0 N–H and O–H groups in total. The Balaban J connectivity index is 2.34. The molecule has 0 bridgehead atoms. The van der Waals surface area contributed by atoms with Crippen molar-refractivity contribution in [1.82, 2.24) is 0 Å². The maximum absolute atomic E-state index is 5.67. The summed E-state index contributed by atoms with van der Waals surface area (Å²) in [5.74, 6) is 1.06. The lowest BCUT2D eigenvalue weighted by molar-refractivity contribution is -0.902. The van der Waals surface area contributed by atoms with Crippen LogP contribution in [0.2, 0.25) is 0 Å². The lowest BCUT2D eigenvalue weighted by Crippen LogP contribution is -2.40. The Labute approximate surface area is 79.3 Å². The summed E-state index contributed by atoms with van der Waals surface area (Å²) in [7, 11) is 4.48. The van der Waals surface area contributed by atoms with E-state index < -0.39 is 0 Å². The van der Waals surface area contributed by atoms with Gasteiger partial charge in [0.1, 0.15) is 25.4 Å². The number of fused-ring (bicyclic) bond motifs is 1. The first-order chi connectivity index (χ1) is 6.17. The van der Waals surface area contributed by atoms with E-state index >= 15 is 0 Å². The van der Waals surface area contributed by atoms with Gasteiger partial charge in [0, 0.05) is 5.56 Å². The van der Waals surface area contributed by atoms with Crippen molar-refractivity contribution in [3.8, 4) is 5.75 Å². The summed E-state index contributed by atoms with van der Waals surface area (Å²) >= 11 is 0. The number of quaternary nitrogens is 1. The van der Waals surface area contributed by atoms with Gasteiger partial charge in [-0.2, -0.15) is 0 Å². The van der Waals surface area contributed by atoms with Crippen molar-refractivity contribution in [2.45, 2.75) is 6.54 Å². The second kappa shape index (κ2) is 3.04. The molecule has 0 aromatic heterocycles. The first-order valence-corrected chi connectivity index (χ1v) is 4.70. The molecule has 2 heteroatoms. The summed E-state index contributed by atoms with van der Waals surface area (Å²) in [6, 6.07) is 8.32. The van der Waals surface area contributed by atoms with Crippen molar-refractivity contribution >= 4 is 0 Å². The van der Waals surface area contributed by atoms with E-state index in [4.69, 9.17) is 4.74 Å². The van der Waals surface area contributed by atoms with Crippen molar-refractivity contribution in [3.63, 3.8) is 0 Å². The molecule has 0 amide bonds. The lowest BCUT2D eigenvalue weighted by atomic mass is 10.2. The highest BCUT2D eigenvalue weighted by atomic mass is 16.5. The fraction of sp³-hybridized carbons (Fsp3) is 0.455. The Kier molecular flexibility index (Phi) is 2.00. The molecule has 1 aliphatic heterocycles. The average molecular weight is 178 g/mol. The molecule has 0 spiro atoms. The van der Waals surface area contributed by atoms with Crippen LogP contribution in [0.4, 0.5) is 0 Å². The van der Waals surface area contributed by atoms with E-state index in [9.17, 15) is 0 Å². The SMILES string of the molecule is C[N+]1(C)CCOc2ccccc2C1. The predicted octanol–water partition coefficient (Wildman–Crippen LogP) is 1.66. The maximum Gasteiger partial charge on any atom is 0.137 e. The summed E-state index contributed by atoms with van der Waals surface area (Å²) in [5, 5.41) is 0. The molecule has 2 rings (SSSR count). The van der Waals surface area contributed by atoms with Crippen LogP contribution < -0.4 is 4.74 Å². The molecule has 0 unspecified atom stereocenters. The molecule has 0 atom stereocenters. The monoisotopic (exact) mass is 178 g/mol. The van der Waals surface area contributed by atoms with E-state index in [1.807, 2.05) is 6.07 Å². The molecule has 0 saturated heterocycles. The fourth-order valence-corrected chi connectivity index (χ4v) is 1.72. The average Bonchev–Trinajstić information content (AvgIpc) is 2.21. The van der Waals surface area contributed by atoms with Crippen LogP contribution in [-0.4, -0.2) is 31.7 Å². The predicted molar refractivity (Wildman–Crippen MR) is 52.6 cm³/mol. The standard InChI is InChI=1S/C11H16NO/c1-12(2)7-8-13-11-6-4-3-5-10(11)9-12/h3-6H,7-9H2,1-2H3/q+1. The Hall–Kier alpha value is -1.02. The molecule has 1 aromatic carbocycles. The third-order valence-electron chi connectivity index (χ3n) is 2.53.